The van der Waals surface area contributed by atoms with Crippen LogP contribution in [-0.4, -0.2) is 59.6 Å². The van der Waals surface area contributed by atoms with Gasteiger partial charge in [-0.2, -0.15) is 0 Å². The van der Waals surface area contributed by atoms with E-state index in [4.69, 9.17) is 4.74 Å². The van der Waals surface area contributed by atoms with Crippen LogP contribution in [0.4, 0.5) is 0 Å². The van der Waals surface area contributed by atoms with E-state index in [1.54, 1.807) is 37.2 Å². The number of aromatic nitrogens is 2. The number of carbonyl (C=O) groups excluding carboxylic acids is 2. The van der Waals surface area contributed by atoms with Crippen molar-refractivity contribution < 1.29 is 14.3 Å². The van der Waals surface area contributed by atoms with Crippen molar-refractivity contribution in [2.75, 3.05) is 33.4 Å². The summed E-state index contributed by atoms with van der Waals surface area (Å²) < 4.78 is 7.03. The highest BCUT2D eigenvalue weighted by molar-refractivity contribution is 5.98. The maximum Gasteiger partial charge on any atom is 0.326 e. The highest BCUT2D eigenvalue weighted by Gasteiger charge is 2.54. The van der Waals surface area contributed by atoms with Crippen molar-refractivity contribution in [1.29, 1.82) is 0 Å². The van der Waals surface area contributed by atoms with Crippen molar-refractivity contribution in [3.63, 3.8) is 0 Å². The molecule has 0 bridgehead atoms. The van der Waals surface area contributed by atoms with Gasteiger partial charge in [-0.05, 0) is 24.6 Å². The number of hydrogen-bond acceptors (Lipinski definition) is 4. The van der Waals surface area contributed by atoms with Gasteiger partial charge >= 0.3 is 5.69 Å². The fourth-order valence-electron chi connectivity index (χ4n) is 4.26. The van der Waals surface area contributed by atoms with Crippen molar-refractivity contribution in [2.45, 2.75) is 6.42 Å². The number of ether oxygens (including phenoxy) is 1. The van der Waals surface area contributed by atoms with E-state index in [1.165, 1.54) is 4.57 Å². The molecular weight excluding hydrogens is 336 g/mol. The Morgan fingerprint density at radius 2 is 2.19 bits per heavy atom. The molecule has 8 nitrogen and oxygen atoms in total. The summed E-state index contributed by atoms with van der Waals surface area (Å²) in [5.74, 6) is -0.150. The lowest BCUT2D eigenvalue weighted by Crippen LogP contribution is -2.49. The minimum absolute atomic E-state index is 0.000459. The van der Waals surface area contributed by atoms with Crippen LogP contribution in [0.5, 0.6) is 0 Å². The Bertz CT molecular complexity index is 946. The number of aromatic amines is 1. The van der Waals surface area contributed by atoms with Crippen LogP contribution in [0, 0.1) is 11.3 Å². The van der Waals surface area contributed by atoms with Gasteiger partial charge < -0.3 is 19.9 Å². The van der Waals surface area contributed by atoms with Crippen LogP contribution in [0.25, 0.3) is 11.0 Å². The Hall–Kier alpha value is -2.61. The third-order valence-electron chi connectivity index (χ3n) is 5.83. The molecule has 8 heteroatoms. The first-order chi connectivity index (χ1) is 12.5. The SMILES string of the molecule is CNC(=O)[C@]12CCOC[C@H]1CN(C(=O)c1ccc3[nH]c(=O)n(C)c3c1)C2. The van der Waals surface area contributed by atoms with Gasteiger partial charge in [0, 0.05) is 45.3 Å². The smallest absolute Gasteiger partial charge is 0.326 e. The first-order valence-corrected chi connectivity index (χ1v) is 8.74. The number of benzene rings is 1. The molecule has 2 aliphatic heterocycles. The number of rotatable bonds is 2. The van der Waals surface area contributed by atoms with Crippen molar-refractivity contribution in [2.24, 2.45) is 18.4 Å². The van der Waals surface area contributed by atoms with Gasteiger partial charge in [0.1, 0.15) is 0 Å². The molecule has 3 heterocycles. The Morgan fingerprint density at radius 3 is 2.96 bits per heavy atom. The van der Waals surface area contributed by atoms with Crippen molar-refractivity contribution in [1.82, 2.24) is 19.8 Å². The first kappa shape index (κ1) is 16.8. The minimum Gasteiger partial charge on any atom is -0.381 e. The van der Waals surface area contributed by atoms with Gasteiger partial charge in [-0.15, -0.1) is 0 Å². The van der Waals surface area contributed by atoms with Crippen molar-refractivity contribution in [3.05, 3.63) is 34.2 Å². The summed E-state index contributed by atoms with van der Waals surface area (Å²) >= 11 is 0. The summed E-state index contributed by atoms with van der Waals surface area (Å²) in [6, 6.07) is 5.18. The zero-order valence-corrected chi connectivity index (χ0v) is 14.9. The van der Waals surface area contributed by atoms with E-state index >= 15 is 0 Å². The van der Waals surface area contributed by atoms with Crippen LogP contribution in [0.1, 0.15) is 16.8 Å². The Kier molecular flexibility index (Phi) is 3.87. The largest absolute Gasteiger partial charge is 0.381 e. The average Bonchev–Trinajstić information content (AvgIpc) is 3.19. The number of amides is 2. The third-order valence-corrected chi connectivity index (χ3v) is 5.83. The maximum atomic E-state index is 13.1. The highest BCUT2D eigenvalue weighted by atomic mass is 16.5. The number of carbonyl (C=O) groups is 2. The molecule has 0 spiro atoms. The zero-order valence-electron chi connectivity index (χ0n) is 14.9. The predicted octanol–water partition coefficient (Wildman–Crippen LogP) is 0.0913. The van der Waals surface area contributed by atoms with Crippen molar-refractivity contribution >= 4 is 22.8 Å². The summed E-state index contributed by atoms with van der Waals surface area (Å²) in [5, 5.41) is 2.76. The van der Waals surface area contributed by atoms with E-state index in [9.17, 15) is 14.4 Å². The van der Waals surface area contributed by atoms with E-state index in [-0.39, 0.29) is 23.4 Å². The molecule has 4 rings (SSSR count). The van der Waals surface area contributed by atoms with Gasteiger partial charge in [-0.25, -0.2) is 4.79 Å². The molecule has 2 aromatic rings. The Balaban J connectivity index is 1.66. The molecule has 2 N–H and O–H groups in total. The van der Waals surface area contributed by atoms with Gasteiger partial charge in [-0.3, -0.25) is 14.2 Å². The Labute approximate surface area is 150 Å². The number of nitrogens with zero attached hydrogens (tertiary/aromatic N) is 2. The van der Waals surface area contributed by atoms with Crippen LogP contribution in [-0.2, 0) is 16.6 Å². The van der Waals surface area contributed by atoms with Gasteiger partial charge in [0.15, 0.2) is 0 Å². The Morgan fingerprint density at radius 1 is 1.38 bits per heavy atom. The summed E-state index contributed by atoms with van der Waals surface area (Å²) in [6.45, 7) is 1.91. The molecule has 1 aromatic carbocycles. The molecule has 0 aliphatic carbocycles. The number of nitrogens with one attached hydrogen (secondary N) is 2. The van der Waals surface area contributed by atoms with E-state index in [0.717, 1.165) is 0 Å². The molecule has 2 aliphatic rings. The summed E-state index contributed by atoms with van der Waals surface area (Å²) in [5.41, 5.74) is 1.10. The van der Waals surface area contributed by atoms with Crippen LogP contribution in [0.3, 0.4) is 0 Å². The lowest BCUT2D eigenvalue weighted by atomic mass is 9.73. The van der Waals surface area contributed by atoms with E-state index < -0.39 is 5.41 Å². The van der Waals surface area contributed by atoms with Crippen LogP contribution >= 0.6 is 0 Å². The van der Waals surface area contributed by atoms with Crippen LogP contribution in [0.2, 0.25) is 0 Å². The molecule has 2 saturated heterocycles. The van der Waals surface area contributed by atoms with Gasteiger partial charge in [0.2, 0.25) is 5.91 Å². The predicted molar refractivity (Wildman–Crippen MR) is 94.9 cm³/mol. The number of aryl methyl sites for hydroxylation is 1. The number of H-pyrrole nitrogens is 1. The zero-order chi connectivity index (χ0) is 18.5. The molecular formula is C18H22N4O4. The number of hydrogen-bond donors (Lipinski definition) is 2. The quantitative estimate of drug-likeness (QED) is 0.795. The van der Waals surface area contributed by atoms with Gasteiger partial charge in [0.25, 0.3) is 5.91 Å². The second-order valence-corrected chi connectivity index (χ2v) is 7.16. The fourth-order valence-corrected chi connectivity index (χ4v) is 4.26. The van der Waals surface area contributed by atoms with E-state index in [0.29, 0.717) is 49.3 Å². The number of imidazole rings is 1. The molecule has 1 aromatic heterocycles. The number of likely N-dealkylation sites (tertiary alicyclic amines) is 1. The van der Waals surface area contributed by atoms with E-state index in [2.05, 4.69) is 10.3 Å². The third kappa shape index (κ3) is 2.36. The lowest BCUT2D eigenvalue weighted by Gasteiger charge is -2.36. The molecule has 26 heavy (non-hydrogen) atoms. The molecule has 0 unspecified atom stereocenters. The first-order valence-electron chi connectivity index (χ1n) is 8.74. The second kappa shape index (κ2) is 5.98. The summed E-state index contributed by atoms with van der Waals surface area (Å²) in [6.07, 6.45) is 0.618. The molecule has 138 valence electrons. The van der Waals surface area contributed by atoms with E-state index in [1.807, 2.05) is 0 Å². The van der Waals surface area contributed by atoms with Crippen LogP contribution < -0.4 is 11.0 Å². The van der Waals surface area contributed by atoms with Crippen LogP contribution in [0.15, 0.2) is 23.0 Å². The summed E-state index contributed by atoms with van der Waals surface area (Å²) in [4.78, 5) is 41.8. The molecule has 0 saturated carbocycles. The summed E-state index contributed by atoms with van der Waals surface area (Å²) in [7, 11) is 3.30. The minimum atomic E-state index is -0.576. The fraction of sp³-hybridized carbons (Fsp3) is 0.500. The molecule has 2 fully saturated rings. The normalized spacial score (nSPS) is 25.3. The molecule has 2 amide bonds. The standard InChI is InChI=1S/C18H22N4O4/c1-19-16(24)18-5-6-26-9-12(18)8-22(10-18)15(23)11-3-4-13-14(7-11)21(2)17(25)20-13/h3-4,7,12H,5-6,8-10H2,1-2H3,(H,19,24)(H,20,25)/t12-,18+/m1/s1. The topological polar surface area (TPSA) is 96.4 Å². The molecule has 0 radical (unpaired) electrons. The number of fused-ring (bicyclic) bond motifs is 2. The van der Waals surface area contributed by atoms with Gasteiger partial charge in [-0.1, -0.05) is 0 Å². The average molecular weight is 358 g/mol. The van der Waals surface area contributed by atoms with Crippen molar-refractivity contribution in [3.8, 4) is 0 Å². The van der Waals surface area contributed by atoms with Gasteiger partial charge in [0.05, 0.1) is 23.1 Å². The monoisotopic (exact) mass is 358 g/mol. The highest BCUT2D eigenvalue weighted by Crippen LogP contribution is 2.42. The molecule has 2 atom stereocenters. The maximum absolute atomic E-state index is 13.1. The lowest BCUT2D eigenvalue weighted by molar-refractivity contribution is -0.138. The second-order valence-electron chi connectivity index (χ2n) is 7.16.